The van der Waals surface area contributed by atoms with Crippen molar-refractivity contribution in [3.05, 3.63) is 72.3 Å². The van der Waals surface area contributed by atoms with Crippen LogP contribution in [0.15, 0.2) is 55.3 Å². The van der Waals surface area contributed by atoms with E-state index in [0.29, 0.717) is 41.5 Å². The molecule has 0 bridgehead atoms. The Morgan fingerprint density at radius 2 is 1.94 bits per heavy atom. The first-order valence-corrected chi connectivity index (χ1v) is 11.4. The number of anilines is 1. The average Bonchev–Trinajstić information content (AvgIpc) is 3.25. The van der Waals surface area contributed by atoms with Crippen molar-refractivity contribution < 1.29 is 19.1 Å². The van der Waals surface area contributed by atoms with Crippen molar-refractivity contribution in [1.29, 1.82) is 0 Å². The molecule has 0 radical (unpaired) electrons. The van der Waals surface area contributed by atoms with E-state index in [1.807, 2.05) is 0 Å². The van der Waals surface area contributed by atoms with E-state index in [4.69, 9.17) is 16.3 Å². The van der Waals surface area contributed by atoms with Crippen molar-refractivity contribution in [3.8, 4) is 17.0 Å². The number of nitrogens with one attached hydrogen (secondary N) is 1. The molecule has 3 aromatic rings. The van der Waals surface area contributed by atoms with Gasteiger partial charge in [-0.3, -0.25) is 14.4 Å². The highest BCUT2D eigenvalue weighted by atomic mass is 16.5. The molecule has 1 aliphatic rings. The number of methoxy groups -OCH3 is 1. The molecule has 0 aliphatic carbocycles. The van der Waals surface area contributed by atoms with Gasteiger partial charge in [-0.25, -0.2) is 14.6 Å². The molecular weight excluding hydrogens is 462 g/mol. The Labute approximate surface area is 207 Å². The van der Waals surface area contributed by atoms with E-state index < -0.39 is 11.9 Å². The Hall–Kier alpha value is -4.67. The third kappa shape index (κ3) is 4.76. The fourth-order valence-corrected chi connectivity index (χ4v) is 4.28. The molecule has 4 rings (SSSR count). The smallest absolute Gasteiger partial charge is 0.269 e. The van der Waals surface area contributed by atoms with Gasteiger partial charge in [0.05, 0.1) is 13.2 Å². The minimum atomic E-state index is -0.755. The largest absolute Gasteiger partial charge is 0.497 e. The summed E-state index contributed by atoms with van der Waals surface area (Å²) in [7, 11) is 1.52. The molecule has 0 spiro atoms. The molecule has 2 aromatic heterocycles. The van der Waals surface area contributed by atoms with Gasteiger partial charge in [0.2, 0.25) is 5.91 Å². The second-order valence-electron chi connectivity index (χ2n) is 8.26. The molecule has 1 fully saturated rings. The quantitative estimate of drug-likeness (QED) is 0.339. The number of primary amides is 1. The lowest BCUT2D eigenvalue weighted by Gasteiger charge is -2.34. The van der Waals surface area contributed by atoms with E-state index in [1.165, 1.54) is 19.4 Å². The van der Waals surface area contributed by atoms with Crippen LogP contribution in [-0.4, -0.2) is 50.9 Å². The second-order valence-corrected chi connectivity index (χ2v) is 8.26. The van der Waals surface area contributed by atoms with E-state index in [-0.39, 0.29) is 23.2 Å². The fraction of sp³-hybridized carbons (Fsp3) is 0.240. The molecular formula is C25H27N7O4. The summed E-state index contributed by atoms with van der Waals surface area (Å²) in [5, 5.41) is 2.71. The normalized spacial score (nSPS) is 15.2. The third-order valence-electron chi connectivity index (χ3n) is 6.06. The Balaban J connectivity index is 1.64. The van der Waals surface area contributed by atoms with Gasteiger partial charge in [0.1, 0.15) is 17.3 Å². The number of likely N-dealkylation sites (tertiary alicyclic amines) is 1. The lowest BCUT2D eigenvalue weighted by Crippen LogP contribution is -2.39. The number of pyridine rings is 1. The number of amides is 3. The van der Waals surface area contributed by atoms with Crippen LogP contribution in [0, 0.1) is 0 Å². The van der Waals surface area contributed by atoms with Gasteiger partial charge in [-0.2, -0.15) is 0 Å². The molecule has 0 unspecified atom stereocenters. The summed E-state index contributed by atoms with van der Waals surface area (Å²) in [4.78, 5) is 47.8. The van der Waals surface area contributed by atoms with Gasteiger partial charge in [-0.1, -0.05) is 18.7 Å². The highest BCUT2D eigenvalue weighted by molar-refractivity contribution is 6.04. The molecule has 1 aliphatic heterocycles. The minimum absolute atomic E-state index is 0.0133. The molecule has 1 saturated heterocycles. The van der Waals surface area contributed by atoms with Crippen LogP contribution in [0.5, 0.6) is 5.75 Å². The van der Waals surface area contributed by atoms with E-state index in [9.17, 15) is 14.4 Å². The fourth-order valence-electron chi connectivity index (χ4n) is 4.28. The number of hydrogen-bond donors (Lipinski definition) is 3. The van der Waals surface area contributed by atoms with Crippen LogP contribution in [0.25, 0.3) is 11.3 Å². The third-order valence-corrected chi connectivity index (χ3v) is 6.06. The van der Waals surface area contributed by atoms with Gasteiger partial charge >= 0.3 is 0 Å². The molecule has 11 nitrogen and oxygen atoms in total. The first kappa shape index (κ1) is 24.5. The number of nitrogens with two attached hydrogens (primary N) is 2. The van der Waals surface area contributed by atoms with Gasteiger partial charge < -0.3 is 26.5 Å². The van der Waals surface area contributed by atoms with Crippen LogP contribution in [0.3, 0.4) is 0 Å². The summed E-state index contributed by atoms with van der Waals surface area (Å²) >= 11 is 0. The highest BCUT2D eigenvalue weighted by Crippen LogP contribution is 2.33. The lowest BCUT2D eigenvalue weighted by molar-refractivity contribution is -0.129. The van der Waals surface area contributed by atoms with Crippen molar-refractivity contribution in [3.63, 3.8) is 0 Å². The molecule has 3 amide bonds. The van der Waals surface area contributed by atoms with Crippen molar-refractivity contribution in [2.24, 2.45) is 5.73 Å². The van der Waals surface area contributed by atoms with Crippen LogP contribution in [0.4, 0.5) is 5.82 Å². The SMILES string of the molecule is C=CC(=O)N1CCCC[C@H]1c1nc(-c2ccc(C(=O)Nc3cc(OC)ccn3)cc2)c(C(N)=O)n1N. The number of nitrogens with zero attached hydrogens (tertiary/aromatic N) is 4. The zero-order valence-corrected chi connectivity index (χ0v) is 19.8. The number of carbonyl (C=O) groups is 3. The van der Waals surface area contributed by atoms with E-state index in [0.717, 1.165) is 17.5 Å². The predicted octanol–water partition coefficient (Wildman–Crippen LogP) is 2.26. The zero-order chi connectivity index (χ0) is 25.8. The first-order valence-electron chi connectivity index (χ1n) is 11.4. The Morgan fingerprint density at radius 3 is 2.61 bits per heavy atom. The molecule has 1 atom stereocenters. The number of carbonyl (C=O) groups excluding carboxylic acids is 3. The monoisotopic (exact) mass is 489 g/mol. The average molecular weight is 490 g/mol. The van der Waals surface area contributed by atoms with E-state index in [1.54, 1.807) is 41.3 Å². The molecule has 11 heteroatoms. The summed E-state index contributed by atoms with van der Waals surface area (Å²) in [6, 6.07) is 9.36. The van der Waals surface area contributed by atoms with Gasteiger partial charge in [0.15, 0.2) is 11.5 Å². The van der Waals surface area contributed by atoms with E-state index >= 15 is 0 Å². The molecule has 1 aromatic carbocycles. The number of ether oxygens (including phenoxy) is 1. The van der Waals surface area contributed by atoms with Gasteiger partial charge in [0, 0.05) is 29.9 Å². The summed E-state index contributed by atoms with van der Waals surface area (Å²) in [6.07, 6.45) is 5.16. The van der Waals surface area contributed by atoms with Crippen LogP contribution < -0.4 is 21.6 Å². The number of nitrogen functional groups attached to an aromatic ring is 1. The molecule has 3 heterocycles. The van der Waals surface area contributed by atoms with Gasteiger partial charge in [-0.05, 0) is 43.5 Å². The Bertz CT molecular complexity index is 1320. The molecule has 5 N–H and O–H groups in total. The maximum atomic E-state index is 12.7. The Morgan fingerprint density at radius 1 is 1.19 bits per heavy atom. The van der Waals surface area contributed by atoms with Crippen LogP contribution in [0.1, 0.15) is 52.0 Å². The second kappa shape index (κ2) is 10.3. The van der Waals surface area contributed by atoms with E-state index in [2.05, 4.69) is 21.9 Å². The lowest BCUT2D eigenvalue weighted by atomic mass is 10.0. The van der Waals surface area contributed by atoms with Gasteiger partial charge in [-0.15, -0.1) is 0 Å². The Kier molecular flexibility index (Phi) is 7.00. The molecule has 186 valence electrons. The maximum absolute atomic E-state index is 12.7. The van der Waals surface area contributed by atoms with Crippen LogP contribution in [0.2, 0.25) is 0 Å². The van der Waals surface area contributed by atoms with Crippen molar-refractivity contribution in [2.45, 2.75) is 25.3 Å². The number of piperidine rings is 1. The predicted molar refractivity (Wildman–Crippen MR) is 134 cm³/mol. The standard InChI is InChI=1S/C25H27N7O4/c1-3-20(33)31-13-5-4-6-18(31)24-30-21(22(23(26)34)32(24)27)15-7-9-16(10-8-15)25(35)29-19-14-17(36-2)11-12-28-19/h3,7-12,14,18H,1,4-6,13,27H2,2H3,(H2,26,34)(H,28,29,35)/t18-/m0/s1. The van der Waals surface area contributed by atoms with Crippen LogP contribution >= 0.6 is 0 Å². The van der Waals surface area contributed by atoms with Crippen molar-refractivity contribution in [2.75, 3.05) is 24.8 Å². The summed E-state index contributed by atoms with van der Waals surface area (Å²) in [5.74, 6) is 6.18. The molecule has 0 saturated carbocycles. The van der Waals surface area contributed by atoms with Crippen molar-refractivity contribution in [1.82, 2.24) is 19.5 Å². The number of rotatable bonds is 7. The summed E-state index contributed by atoms with van der Waals surface area (Å²) in [5.41, 5.74) is 6.85. The highest BCUT2D eigenvalue weighted by Gasteiger charge is 2.33. The topological polar surface area (TPSA) is 158 Å². The number of hydrogen-bond acceptors (Lipinski definition) is 7. The maximum Gasteiger partial charge on any atom is 0.269 e. The number of benzene rings is 1. The number of aromatic nitrogens is 3. The van der Waals surface area contributed by atoms with Crippen LogP contribution in [-0.2, 0) is 4.79 Å². The summed E-state index contributed by atoms with van der Waals surface area (Å²) in [6.45, 7) is 4.11. The van der Waals surface area contributed by atoms with Gasteiger partial charge in [0.25, 0.3) is 11.8 Å². The summed E-state index contributed by atoms with van der Waals surface area (Å²) < 4.78 is 6.30. The minimum Gasteiger partial charge on any atom is -0.497 e. The molecule has 36 heavy (non-hydrogen) atoms. The first-order chi connectivity index (χ1) is 17.3. The zero-order valence-electron chi connectivity index (χ0n) is 19.8. The number of imidazole rings is 1. The van der Waals surface area contributed by atoms with Crippen molar-refractivity contribution >= 4 is 23.5 Å².